The summed E-state index contributed by atoms with van der Waals surface area (Å²) in [6.45, 7) is 1.76. The first-order valence-corrected chi connectivity index (χ1v) is 11.2. The Labute approximate surface area is 199 Å². The number of aromatic amines is 1. The third kappa shape index (κ3) is 4.14. The predicted octanol–water partition coefficient (Wildman–Crippen LogP) is 3.56. The number of imidazole rings is 1. The zero-order valence-corrected chi connectivity index (χ0v) is 18.9. The Balaban J connectivity index is 1.46. The summed E-state index contributed by atoms with van der Waals surface area (Å²) in [5.74, 6) is 2.46. The smallest absolute Gasteiger partial charge is 0.227 e. The van der Waals surface area contributed by atoms with E-state index in [9.17, 15) is 4.79 Å². The number of carbonyl (C=O) groups is 1. The van der Waals surface area contributed by atoms with Gasteiger partial charge in [0.05, 0.1) is 6.20 Å². The lowest BCUT2D eigenvalue weighted by Crippen LogP contribution is -2.13. The molecule has 0 saturated heterocycles. The molecule has 1 saturated carbocycles. The summed E-state index contributed by atoms with van der Waals surface area (Å²) in [5.41, 5.74) is 9.92. The van der Waals surface area contributed by atoms with Crippen LogP contribution >= 0.6 is 0 Å². The maximum Gasteiger partial charge on any atom is 0.227 e. The highest BCUT2D eigenvalue weighted by atomic mass is 16.2. The number of nitrogens with zero attached hydrogens (tertiary/aromatic N) is 6. The number of H-pyrrole nitrogens is 1. The van der Waals surface area contributed by atoms with Crippen LogP contribution in [0.1, 0.15) is 18.7 Å². The minimum Gasteiger partial charge on any atom is -0.368 e. The molecule has 11 nitrogen and oxygen atoms in total. The van der Waals surface area contributed by atoms with Crippen molar-refractivity contribution in [1.29, 1.82) is 0 Å². The number of carbonyl (C=O) groups excluding carboxylic acids is 1. The summed E-state index contributed by atoms with van der Waals surface area (Å²) in [7, 11) is 0. The van der Waals surface area contributed by atoms with Crippen LogP contribution < -0.4 is 16.4 Å². The molecule has 1 aromatic carbocycles. The highest BCUT2D eigenvalue weighted by molar-refractivity contribution is 5.94. The van der Waals surface area contributed by atoms with Crippen molar-refractivity contribution in [2.75, 3.05) is 16.4 Å². The molecule has 0 radical (unpaired) electrons. The zero-order valence-electron chi connectivity index (χ0n) is 18.9. The number of rotatable bonds is 6. The fraction of sp³-hybridized carbons (Fsp3) is 0.167. The van der Waals surface area contributed by atoms with E-state index < -0.39 is 0 Å². The molecule has 11 heteroatoms. The molecule has 6 rings (SSSR count). The second-order valence-corrected chi connectivity index (χ2v) is 8.46. The number of aromatic nitrogens is 7. The lowest BCUT2D eigenvalue weighted by molar-refractivity contribution is -0.117. The van der Waals surface area contributed by atoms with Gasteiger partial charge in [-0.1, -0.05) is 12.1 Å². The number of nitrogens with one attached hydrogen (secondary N) is 3. The van der Waals surface area contributed by atoms with Gasteiger partial charge in [-0.25, -0.2) is 9.97 Å². The van der Waals surface area contributed by atoms with Crippen molar-refractivity contribution in [1.82, 2.24) is 34.5 Å². The van der Waals surface area contributed by atoms with Crippen LogP contribution in [0.15, 0.2) is 54.9 Å². The molecule has 0 aliphatic heterocycles. The quantitative estimate of drug-likeness (QED) is 0.296. The van der Waals surface area contributed by atoms with E-state index in [0.717, 1.165) is 29.7 Å². The first kappa shape index (κ1) is 20.8. The highest BCUT2D eigenvalue weighted by Gasteiger charge is 2.29. The number of anilines is 4. The van der Waals surface area contributed by atoms with E-state index in [4.69, 9.17) is 10.7 Å². The van der Waals surface area contributed by atoms with E-state index in [1.54, 1.807) is 19.2 Å². The molecule has 1 aliphatic rings. The normalized spacial score (nSPS) is 13.2. The minimum absolute atomic E-state index is 0.0758. The summed E-state index contributed by atoms with van der Waals surface area (Å²) in [4.78, 5) is 29.9. The number of pyridine rings is 1. The largest absolute Gasteiger partial charge is 0.368 e. The van der Waals surface area contributed by atoms with Gasteiger partial charge in [-0.3, -0.25) is 14.3 Å². The fourth-order valence-corrected chi connectivity index (χ4v) is 3.94. The third-order valence-electron chi connectivity index (χ3n) is 5.76. The molecule has 5 aromatic rings. The SMILES string of the molecule is Cc1nc(N)nc(-c2c(Nc3ccn[nH]3)nc3ccc(-c4cccc(NC(=O)C5CC5)c4)cn23)n1. The monoisotopic (exact) mass is 466 g/mol. The molecule has 0 spiro atoms. The maximum atomic E-state index is 12.2. The van der Waals surface area contributed by atoms with Crippen molar-refractivity contribution < 1.29 is 4.79 Å². The minimum atomic E-state index is 0.0758. The molecule has 174 valence electrons. The van der Waals surface area contributed by atoms with E-state index >= 15 is 0 Å². The molecule has 1 aliphatic carbocycles. The van der Waals surface area contributed by atoms with Crippen LogP contribution in [0.5, 0.6) is 0 Å². The van der Waals surface area contributed by atoms with Gasteiger partial charge in [0.15, 0.2) is 11.6 Å². The van der Waals surface area contributed by atoms with E-state index in [1.807, 2.05) is 47.0 Å². The molecule has 0 bridgehead atoms. The molecule has 4 aromatic heterocycles. The second kappa shape index (κ2) is 8.20. The van der Waals surface area contributed by atoms with Gasteiger partial charge in [-0.05, 0) is 55.2 Å². The van der Waals surface area contributed by atoms with Crippen molar-refractivity contribution in [3.8, 4) is 22.6 Å². The molecule has 35 heavy (non-hydrogen) atoms. The lowest BCUT2D eigenvalue weighted by Gasteiger charge is -2.09. The van der Waals surface area contributed by atoms with Crippen LogP contribution in [0.2, 0.25) is 0 Å². The van der Waals surface area contributed by atoms with Gasteiger partial charge in [-0.15, -0.1) is 0 Å². The average molecular weight is 467 g/mol. The van der Waals surface area contributed by atoms with Crippen molar-refractivity contribution in [3.05, 3.63) is 60.7 Å². The Kier molecular flexibility index (Phi) is 4.87. The topological polar surface area (TPSA) is 152 Å². The van der Waals surface area contributed by atoms with Gasteiger partial charge in [-0.2, -0.15) is 15.1 Å². The lowest BCUT2D eigenvalue weighted by atomic mass is 10.1. The van der Waals surface area contributed by atoms with Crippen LogP contribution in [-0.2, 0) is 4.79 Å². The zero-order chi connectivity index (χ0) is 23.9. The third-order valence-corrected chi connectivity index (χ3v) is 5.76. The van der Waals surface area contributed by atoms with Gasteiger partial charge in [0.2, 0.25) is 11.9 Å². The number of fused-ring (bicyclic) bond motifs is 1. The average Bonchev–Trinajstić information content (AvgIpc) is 3.45. The van der Waals surface area contributed by atoms with E-state index in [2.05, 4.69) is 35.8 Å². The molecule has 0 atom stereocenters. The predicted molar refractivity (Wildman–Crippen MR) is 132 cm³/mol. The van der Waals surface area contributed by atoms with E-state index in [0.29, 0.717) is 34.6 Å². The Morgan fingerprint density at radius 3 is 2.74 bits per heavy atom. The summed E-state index contributed by atoms with van der Waals surface area (Å²) in [6.07, 6.45) is 5.53. The van der Waals surface area contributed by atoms with Gasteiger partial charge >= 0.3 is 0 Å². The van der Waals surface area contributed by atoms with Gasteiger partial charge < -0.3 is 16.4 Å². The highest BCUT2D eigenvalue weighted by Crippen LogP contribution is 2.33. The first-order chi connectivity index (χ1) is 17.0. The fourth-order valence-electron chi connectivity index (χ4n) is 3.94. The number of benzene rings is 1. The molecular weight excluding hydrogens is 444 g/mol. The van der Waals surface area contributed by atoms with Crippen LogP contribution in [0.3, 0.4) is 0 Å². The van der Waals surface area contributed by atoms with Crippen LogP contribution in [0.4, 0.5) is 23.3 Å². The molecule has 0 unspecified atom stereocenters. The number of hydrogen-bond acceptors (Lipinski definition) is 8. The standard InChI is InChI=1S/C24H22N10O/c1-13-27-21(32-24(25)28-13)20-22(30-18-9-10-26-33-18)31-19-8-7-16(12-34(19)20)15-3-2-4-17(11-15)29-23(35)14-5-6-14/h2-4,7-12,14H,5-6H2,1H3,(H,29,35)(H2,26,30,33)(H2,25,27,28,32). The number of nitrogens with two attached hydrogens (primary N) is 1. The Morgan fingerprint density at radius 2 is 1.97 bits per heavy atom. The van der Waals surface area contributed by atoms with Crippen LogP contribution in [-0.4, -0.2) is 40.4 Å². The summed E-state index contributed by atoms with van der Waals surface area (Å²) in [6, 6.07) is 13.5. The maximum absolute atomic E-state index is 12.2. The van der Waals surface area contributed by atoms with Crippen LogP contribution in [0, 0.1) is 12.8 Å². The van der Waals surface area contributed by atoms with Crippen molar-refractivity contribution in [3.63, 3.8) is 0 Å². The number of aryl methyl sites for hydroxylation is 1. The summed E-state index contributed by atoms with van der Waals surface area (Å²) < 4.78 is 1.91. The van der Waals surface area contributed by atoms with Gasteiger partial charge in [0.25, 0.3) is 0 Å². The van der Waals surface area contributed by atoms with Crippen molar-refractivity contribution in [2.24, 2.45) is 5.92 Å². The summed E-state index contributed by atoms with van der Waals surface area (Å²) in [5, 5.41) is 13.1. The van der Waals surface area contributed by atoms with Crippen molar-refractivity contribution in [2.45, 2.75) is 19.8 Å². The Morgan fingerprint density at radius 1 is 1.09 bits per heavy atom. The molecule has 4 heterocycles. The van der Waals surface area contributed by atoms with Gasteiger partial charge in [0, 0.05) is 23.9 Å². The first-order valence-electron chi connectivity index (χ1n) is 11.2. The van der Waals surface area contributed by atoms with Crippen LogP contribution in [0.25, 0.3) is 28.3 Å². The molecule has 1 amide bonds. The molecular formula is C24H22N10O. The number of hydrogen-bond donors (Lipinski definition) is 4. The second-order valence-electron chi connectivity index (χ2n) is 8.46. The van der Waals surface area contributed by atoms with Gasteiger partial charge in [0.1, 0.15) is 23.0 Å². The molecule has 1 fully saturated rings. The van der Waals surface area contributed by atoms with E-state index in [-0.39, 0.29) is 17.8 Å². The Hall–Kier alpha value is -4.80. The number of amides is 1. The number of nitrogen functional groups attached to an aromatic ring is 1. The van der Waals surface area contributed by atoms with Crippen molar-refractivity contribution >= 4 is 34.8 Å². The summed E-state index contributed by atoms with van der Waals surface area (Å²) >= 11 is 0. The van der Waals surface area contributed by atoms with E-state index in [1.165, 1.54) is 0 Å². The molecule has 5 N–H and O–H groups in total. The Bertz CT molecular complexity index is 1530.